The van der Waals surface area contributed by atoms with Crippen LogP contribution in [0.1, 0.15) is 56.2 Å². The summed E-state index contributed by atoms with van der Waals surface area (Å²) in [4.78, 5) is 0. The van der Waals surface area contributed by atoms with Crippen molar-refractivity contribution in [1.82, 2.24) is 0 Å². The highest BCUT2D eigenvalue weighted by Gasteiger charge is 2.17. The van der Waals surface area contributed by atoms with E-state index in [2.05, 4.69) is 27.7 Å². The Bertz CT molecular complexity index is 343. The summed E-state index contributed by atoms with van der Waals surface area (Å²) in [5.74, 6) is 1.62. The van der Waals surface area contributed by atoms with E-state index in [1.54, 1.807) is 6.07 Å². The Labute approximate surface area is 97.1 Å². The molecule has 0 bridgehead atoms. The Kier molecular flexibility index (Phi) is 4.04. The second-order valence-corrected chi connectivity index (χ2v) is 4.78. The van der Waals surface area contributed by atoms with Crippen LogP contribution in [0.25, 0.3) is 0 Å². The maximum atomic E-state index is 9.89. The molecule has 0 heterocycles. The SMILES string of the molecule is CC(C)c1c(O)ccc(CCl)c1C(C)C. The van der Waals surface area contributed by atoms with Crippen LogP contribution in [0, 0.1) is 0 Å². The molecule has 0 aliphatic rings. The van der Waals surface area contributed by atoms with Crippen LogP contribution in [0.15, 0.2) is 12.1 Å². The molecule has 1 aromatic carbocycles. The molecular formula is C13H19ClO. The van der Waals surface area contributed by atoms with Crippen molar-refractivity contribution in [3.8, 4) is 5.75 Å². The van der Waals surface area contributed by atoms with Crippen LogP contribution in [0.5, 0.6) is 5.75 Å². The molecule has 0 fully saturated rings. The number of phenolic OH excluding ortho intramolecular Hbond substituents is 1. The van der Waals surface area contributed by atoms with Crippen molar-refractivity contribution < 1.29 is 5.11 Å². The van der Waals surface area contributed by atoms with Gasteiger partial charge in [0.05, 0.1) is 0 Å². The second-order valence-electron chi connectivity index (χ2n) is 4.51. The lowest BCUT2D eigenvalue weighted by molar-refractivity contribution is 0.462. The first-order valence-electron chi connectivity index (χ1n) is 5.39. The monoisotopic (exact) mass is 226 g/mol. The minimum atomic E-state index is 0.325. The van der Waals surface area contributed by atoms with Gasteiger partial charge < -0.3 is 5.11 Å². The average molecular weight is 227 g/mol. The quantitative estimate of drug-likeness (QED) is 0.759. The van der Waals surface area contributed by atoms with E-state index in [4.69, 9.17) is 11.6 Å². The molecule has 0 aromatic heterocycles. The van der Waals surface area contributed by atoms with E-state index in [-0.39, 0.29) is 0 Å². The number of rotatable bonds is 3. The molecule has 0 atom stereocenters. The van der Waals surface area contributed by atoms with Crippen LogP contribution in [-0.2, 0) is 5.88 Å². The van der Waals surface area contributed by atoms with Gasteiger partial charge in [-0.15, -0.1) is 11.6 Å². The minimum absolute atomic E-state index is 0.325. The third-order valence-corrected chi connectivity index (χ3v) is 2.94. The fourth-order valence-corrected chi connectivity index (χ4v) is 2.31. The van der Waals surface area contributed by atoms with Gasteiger partial charge in [0.25, 0.3) is 0 Å². The average Bonchev–Trinajstić information content (AvgIpc) is 2.16. The Morgan fingerprint density at radius 3 is 2.00 bits per heavy atom. The van der Waals surface area contributed by atoms with Crippen LogP contribution in [-0.4, -0.2) is 5.11 Å². The summed E-state index contributed by atoms with van der Waals surface area (Å²) < 4.78 is 0. The number of phenols is 1. The van der Waals surface area contributed by atoms with Crippen molar-refractivity contribution in [2.24, 2.45) is 0 Å². The molecule has 2 heteroatoms. The molecule has 0 saturated carbocycles. The van der Waals surface area contributed by atoms with E-state index in [0.29, 0.717) is 23.5 Å². The van der Waals surface area contributed by atoms with Gasteiger partial charge in [-0.1, -0.05) is 33.8 Å². The Morgan fingerprint density at radius 1 is 1.07 bits per heavy atom. The summed E-state index contributed by atoms with van der Waals surface area (Å²) >= 11 is 5.92. The predicted molar refractivity (Wildman–Crippen MR) is 65.8 cm³/mol. The molecule has 0 saturated heterocycles. The Hall–Kier alpha value is -0.690. The van der Waals surface area contributed by atoms with Gasteiger partial charge >= 0.3 is 0 Å². The molecule has 0 spiro atoms. The highest BCUT2D eigenvalue weighted by atomic mass is 35.5. The molecule has 0 unspecified atom stereocenters. The van der Waals surface area contributed by atoms with Crippen molar-refractivity contribution in [2.45, 2.75) is 45.4 Å². The van der Waals surface area contributed by atoms with E-state index in [9.17, 15) is 5.11 Å². The van der Waals surface area contributed by atoms with Crippen LogP contribution in [0.4, 0.5) is 0 Å². The van der Waals surface area contributed by atoms with Crippen molar-refractivity contribution >= 4 is 11.6 Å². The number of alkyl halides is 1. The van der Waals surface area contributed by atoms with Crippen molar-refractivity contribution in [3.05, 3.63) is 28.8 Å². The molecule has 1 rings (SSSR count). The van der Waals surface area contributed by atoms with Crippen LogP contribution in [0.2, 0.25) is 0 Å². The third-order valence-electron chi connectivity index (χ3n) is 2.65. The highest BCUT2D eigenvalue weighted by molar-refractivity contribution is 6.17. The highest BCUT2D eigenvalue weighted by Crippen LogP contribution is 2.36. The molecule has 0 aliphatic heterocycles. The lowest BCUT2D eigenvalue weighted by Gasteiger charge is -2.20. The Morgan fingerprint density at radius 2 is 1.60 bits per heavy atom. The standard InChI is InChI=1S/C13H19ClO/c1-8(2)12-10(7-14)5-6-11(15)13(12)9(3)4/h5-6,8-9,15H,7H2,1-4H3. The summed E-state index contributed by atoms with van der Waals surface area (Å²) in [5.41, 5.74) is 3.39. The number of benzene rings is 1. The van der Waals surface area contributed by atoms with Gasteiger partial charge in [0, 0.05) is 11.4 Å². The van der Waals surface area contributed by atoms with Gasteiger partial charge in [0.15, 0.2) is 0 Å². The summed E-state index contributed by atoms with van der Waals surface area (Å²) in [6, 6.07) is 3.67. The van der Waals surface area contributed by atoms with E-state index in [1.165, 1.54) is 5.56 Å². The maximum Gasteiger partial charge on any atom is 0.119 e. The zero-order valence-electron chi connectivity index (χ0n) is 9.84. The topological polar surface area (TPSA) is 20.2 Å². The van der Waals surface area contributed by atoms with Crippen LogP contribution in [0.3, 0.4) is 0 Å². The molecule has 1 nitrogen and oxygen atoms in total. The van der Waals surface area contributed by atoms with Gasteiger partial charge in [0.2, 0.25) is 0 Å². The van der Waals surface area contributed by atoms with Crippen LogP contribution >= 0.6 is 11.6 Å². The number of hydrogen-bond acceptors (Lipinski definition) is 1. The minimum Gasteiger partial charge on any atom is -0.508 e. The largest absolute Gasteiger partial charge is 0.508 e. The third kappa shape index (κ3) is 2.46. The van der Waals surface area contributed by atoms with Gasteiger partial charge in [-0.2, -0.15) is 0 Å². The lowest BCUT2D eigenvalue weighted by atomic mass is 9.86. The second kappa shape index (κ2) is 4.89. The zero-order valence-corrected chi connectivity index (χ0v) is 10.6. The van der Waals surface area contributed by atoms with E-state index in [0.717, 1.165) is 11.1 Å². The van der Waals surface area contributed by atoms with E-state index < -0.39 is 0 Å². The van der Waals surface area contributed by atoms with Crippen molar-refractivity contribution in [1.29, 1.82) is 0 Å². The van der Waals surface area contributed by atoms with Gasteiger partial charge in [-0.25, -0.2) is 0 Å². The normalized spacial score (nSPS) is 11.4. The van der Waals surface area contributed by atoms with Gasteiger partial charge in [-0.3, -0.25) is 0 Å². The molecule has 15 heavy (non-hydrogen) atoms. The first-order chi connectivity index (χ1) is 6.99. The van der Waals surface area contributed by atoms with Crippen molar-refractivity contribution in [2.75, 3.05) is 0 Å². The molecule has 0 aliphatic carbocycles. The summed E-state index contributed by atoms with van der Waals surface area (Å²) in [6.07, 6.45) is 0. The molecule has 0 radical (unpaired) electrons. The molecule has 84 valence electrons. The molecular weight excluding hydrogens is 208 g/mol. The van der Waals surface area contributed by atoms with E-state index >= 15 is 0 Å². The van der Waals surface area contributed by atoms with E-state index in [1.807, 2.05) is 6.07 Å². The van der Waals surface area contributed by atoms with Crippen LogP contribution < -0.4 is 0 Å². The smallest absolute Gasteiger partial charge is 0.119 e. The molecule has 1 N–H and O–H groups in total. The first-order valence-corrected chi connectivity index (χ1v) is 5.93. The zero-order chi connectivity index (χ0) is 11.6. The molecule has 0 amide bonds. The fraction of sp³-hybridized carbons (Fsp3) is 0.538. The fourth-order valence-electron chi connectivity index (χ4n) is 2.08. The van der Waals surface area contributed by atoms with Gasteiger partial charge in [-0.05, 0) is 29.0 Å². The van der Waals surface area contributed by atoms with Crippen molar-refractivity contribution in [3.63, 3.8) is 0 Å². The molecule has 1 aromatic rings. The van der Waals surface area contributed by atoms with Gasteiger partial charge in [0.1, 0.15) is 5.75 Å². The Balaban J connectivity index is 3.44. The summed E-state index contributed by atoms with van der Waals surface area (Å²) in [6.45, 7) is 8.46. The predicted octanol–water partition coefficient (Wildman–Crippen LogP) is 4.38. The number of halogens is 1. The lowest BCUT2D eigenvalue weighted by Crippen LogP contribution is -2.03. The maximum absolute atomic E-state index is 9.89. The summed E-state index contributed by atoms with van der Waals surface area (Å²) in [7, 11) is 0. The number of hydrogen-bond donors (Lipinski definition) is 1. The number of aromatic hydroxyl groups is 1. The first kappa shape index (κ1) is 12.4. The summed E-state index contributed by atoms with van der Waals surface area (Å²) in [5, 5.41) is 9.89.